The molecule has 3 heterocycles. The number of aromatic nitrogens is 4. The Balaban J connectivity index is 1.37. The van der Waals surface area contributed by atoms with Gasteiger partial charge in [-0.2, -0.15) is 0 Å². The van der Waals surface area contributed by atoms with Crippen LogP contribution in [-0.4, -0.2) is 24.9 Å². The zero-order chi connectivity index (χ0) is 24.9. The summed E-state index contributed by atoms with van der Waals surface area (Å²) >= 11 is 6.68. The van der Waals surface area contributed by atoms with Crippen LogP contribution in [0.5, 0.6) is 0 Å². The van der Waals surface area contributed by atoms with Gasteiger partial charge in [0, 0.05) is 42.2 Å². The lowest BCUT2D eigenvalue weighted by molar-refractivity contribution is 0.0930. The number of Topliss-reactive ketones (excluding diaryl/α,β-unsaturated/α-hetero) is 1. The van der Waals surface area contributed by atoms with E-state index in [9.17, 15) is 4.79 Å². The molecule has 0 amide bonds. The third-order valence-electron chi connectivity index (χ3n) is 7.42. The third-order valence-corrected chi connectivity index (χ3v) is 7.73. The van der Waals surface area contributed by atoms with E-state index < -0.39 is 0 Å². The summed E-state index contributed by atoms with van der Waals surface area (Å²) in [5.74, 6) is 1.15. The van der Waals surface area contributed by atoms with Crippen LogP contribution >= 0.6 is 11.6 Å². The lowest BCUT2D eigenvalue weighted by Gasteiger charge is -2.38. The van der Waals surface area contributed by atoms with Crippen molar-refractivity contribution < 1.29 is 4.79 Å². The average molecular weight is 495 g/mol. The molecule has 0 radical (unpaired) electrons. The van der Waals surface area contributed by atoms with Gasteiger partial charge in [-0.1, -0.05) is 48.0 Å². The second-order valence-corrected chi connectivity index (χ2v) is 10.3. The Hall–Kier alpha value is -3.70. The molecule has 0 saturated carbocycles. The molecule has 180 valence electrons. The van der Waals surface area contributed by atoms with Crippen LogP contribution in [-0.2, 0) is 18.4 Å². The molecule has 1 aliphatic heterocycles. The molecule has 0 saturated heterocycles. The van der Waals surface area contributed by atoms with E-state index in [2.05, 4.69) is 58.9 Å². The van der Waals surface area contributed by atoms with E-state index in [0.29, 0.717) is 23.6 Å². The average Bonchev–Trinajstić information content (AvgIpc) is 3.47. The van der Waals surface area contributed by atoms with Crippen LogP contribution in [0.15, 0.2) is 79.3 Å². The van der Waals surface area contributed by atoms with Crippen LogP contribution in [0.3, 0.4) is 0 Å². The van der Waals surface area contributed by atoms with Gasteiger partial charge in [-0.05, 0) is 61.7 Å². The van der Waals surface area contributed by atoms with Gasteiger partial charge in [-0.3, -0.25) is 4.79 Å². The van der Waals surface area contributed by atoms with Crippen LogP contribution in [0.25, 0.3) is 16.7 Å². The van der Waals surface area contributed by atoms with E-state index in [4.69, 9.17) is 16.6 Å². The molecule has 1 aliphatic rings. The van der Waals surface area contributed by atoms with E-state index >= 15 is 0 Å². The molecule has 0 spiro atoms. The van der Waals surface area contributed by atoms with Crippen LogP contribution in [0.4, 0.5) is 0 Å². The Morgan fingerprint density at radius 2 is 1.89 bits per heavy atom. The number of benzene rings is 3. The highest BCUT2D eigenvalue weighted by Gasteiger charge is 2.39. The van der Waals surface area contributed by atoms with Gasteiger partial charge in [0.05, 0.1) is 28.1 Å². The molecule has 0 bridgehead atoms. The lowest BCUT2D eigenvalue weighted by atomic mass is 9.70. The minimum atomic E-state index is -0.340. The minimum Gasteiger partial charge on any atom is -0.327 e. The number of hydrogen-bond donors (Lipinski definition) is 0. The largest absolute Gasteiger partial charge is 0.327 e. The molecule has 2 aromatic heterocycles. The molecule has 6 rings (SSSR count). The highest BCUT2D eigenvalue weighted by molar-refractivity contribution is 6.34. The van der Waals surface area contributed by atoms with Gasteiger partial charge in [0.25, 0.3) is 0 Å². The van der Waals surface area contributed by atoms with Crippen molar-refractivity contribution in [3.8, 4) is 5.69 Å². The van der Waals surface area contributed by atoms with Crippen LogP contribution < -0.4 is 0 Å². The summed E-state index contributed by atoms with van der Waals surface area (Å²) in [5.41, 5.74) is 6.56. The molecule has 0 unspecified atom stereocenters. The van der Waals surface area contributed by atoms with Crippen LogP contribution in [0, 0.1) is 13.8 Å². The summed E-state index contributed by atoms with van der Waals surface area (Å²) in [7, 11) is 0. The topological polar surface area (TPSA) is 52.7 Å². The van der Waals surface area contributed by atoms with Gasteiger partial charge in [-0.15, -0.1) is 0 Å². The van der Waals surface area contributed by atoms with Gasteiger partial charge < -0.3 is 9.13 Å². The summed E-state index contributed by atoms with van der Waals surface area (Å²) in [4.78, 5) is 23.0. The summed E-state index contributed by atoms with van der Waals surface area (Å²) in [6.07, 6.45) is 5.75. The molecule has 1 atom stereocenters. The SMILES string of the molecule is Cc1ccc2c(c1)nc1n2C[C@@](CC(=O)c2ccc(-n3cnc(C)c3)cc2Cl)(c2ccccc2)CC1. The van der Waals surface area contributed by atoms with Crippen molar-refractivity contribution in [2.75, 3.05) is 0 Å². The number of aryl methyl sites for hydroxylation is 3. The zero-order valence-electron chi connectivity index (χ0n) is 20.4. The fourth-order valence-electron chi connectivity index (χ4n) is 5.52. The molecule has 0 aliphatic carbocycles. The number of ketones is 1. The highest BCUT2D eigenvalue weighted by Crippen LogP contribution is 2.41. The second-order valence-electron chi connectivity index (χ2n) is 9.94. The number of fused-ring (bicyclic) bond motifs is 3. The van der Waals surface area contributed by atoms with Crippen molar-refractivity contribution in [3.05, 3.63) is 112 Å². The first kappa shape index (κ1) is 22.7. The Bertz CT molecular complexity index is 1600. The summed E-state index contributed by atoms with van der Waals surface area (Å²) < 4.78 is 4.22. The smallest absolute Gasteiger partial charge is 0.165 e. The Labute approximate surface area is 215 Å². The van der Waals surface area contributed by atoms with Gasteiger partial charge in [-0.25, -0.2) is 9.97 Å². The Morgan fingerprint density at radius 3 is 2.64 bits per heavy atom. The van der Waals surface area contributed by atoms with Crippen molar-refractivity contribution >= 4 is 28.4 Å². The number of carbonyl (C=O) groups is 1. The van der Waals surface area contributed by atoms with Gasteiger partial charge in [0.15, 0.2) is 5.78 Å². The van der Waals surface area contributed by atoms with E-state index in [1.165, 1.54) is 11.1 Å². The monoisotopic (exact) mass is 494 g/mol. The lowest BCUT2D eigenvalue weighted by Crippen LogP contribution is -2.39. The molecule has 0 N–H and O–H groups in total. The number of imidazole rings is 2. The predicted octanol–water partition coefficient (Wildman–Crippen LogP) is 6.65. The number of carbonyl (C=O) groups excluding carboxylic acids is 1. The number of hydrogen-bond acceptors (Lipinski definition) is 3. The first-order valence-corrected chi connectivity index (χ1v) is 12.6. The first-order chi connectivity index (χ1) is 17.4. The normalized spacial score (nSPS) is 17.3. The van der Waals surface area contributed by atoms with E-state index in [1.54, 1.807) is 6.33 Å². The summed E-state index contributed by atoms with van der Waals surface area (Å²) in [5, 5.41) is 0.465. The molecule has 36 heavy (non-hydrogen) atoms. The van der Waals surface area contributed by atoms with Gasteiger partial charge in [0.1, 0.15) is 5.82 Å². The van der Waals surface area contributed by atoms with Crippen LogP contribution in [0.2, 0.25) is 5.02 Å². The van der Waals surface area contributed by atoms with Crippen molar-refractivity contribution in [2.24, 2.45) is 0 Å². The summed E-state index contributed by atoms with van der Waals surface area (Å²) in [6, 6.07) is 22.5. The second kappa shape index (κ2) is 8.75. The number of rotatable bonds is 5. The molecule has 5 nitrogen and oxygen atoms in total. The fraction of sp³-hybridized carbons (Fsp3) is 0.233. The quantitative estimate of drug-likeness (QED) is 0.257. The molecular weight excluding hydrogens is 468 g/mol. The maximum Gasteiger partial charge on any atom is 0.165 e. The Kier molecular flexibility index (Phi) is 5.53. The predicted molar refractivity (Wildman–Crippen MR) is 143 cm³/mol. The molecule has 6 heteroatoms. The van der Waals surface area contributed by atoms with E-state index in [0.717, 1.165) is 41.1 Å². The standard InChI is InChI=1S/C30H27ClN4O/c1-20-8-11-27-26(14-20)33-29-12-13-30(18-35(27)29,22-6-4-3-5-7-22)16-28(36)24-10-9-23(15-25(24)31)34-17-21(2)32-19-34/h3-11,14-15,17,19H,12-13,16,18H2,1-2H3/t30-/m1/s1. The maximum absolute atomic E-state index is 13.8. The van der Waals surface area contributed by atoms with E-state index in [1.807, 2.05) is 42.0 Å². The van der Waals surface area contributed by atoms with Crippen molar-refractivity contribution in [3.63, 3.8) is 0 Å². The third kappa shape index (κ3) is 3.94. The number of halogens is 1. The van der Waals surface area contributed by atoms with Gasteiger partial charge >= 0.3 is 0 Å². The molecular formula is C30H27ClN4O. The Morgan fingerprint density at radius 1 is 1.06 bits per heavy atom. The number of nitrogens with zero attached hydrogens (tertiary/aromatic N) is 4. The van der Waals surface area contributed by atoms with Crippen LogP contribution in [0.1, 0.15) is 45.8 Å². The van der Waals surface area contributed by atoms with E-state index in [-0.39, 0.29) is 11.2 Å². The molecule has 0 fully saturated rings. The van der Waals surface area contributed by atoms with Gasteiger partial charge in [0.2, 0.25) is 0 Å². The van der Waals surface area contributed by atoms with Crippen molar-refractivity contribution in [1.29, 1.82) is 0 Å². The minimum absolute atomic E-state index is 0.0564. The van der Waals surface area contributed by atoms with Crippen molar-refractivity contribution in [2.45, 2.75) is 45.1 Å². The molecule has 3 aromatic carbocycles. The first-order valence-electron chi connectivity index (χ1n) is 12.3. The van der Waals surface area contributed by atoms with Crippen molar-refractivity contribution in [1.82, 2.24) is 19.1 Å². The maximum atomic E-state index is 13.8. The zero-order valence-corrected chi connectivity index (χ0v) is 21.2. The highest BCUT2D eigenvalue weighted by atomic mass is 35.5. The summed E-state index contributed by atoms with van der Waals surface area (Å²) in [6.45, 7) is 4.74. The molecule has 5 aromatic rings. The fourth-order valence-corrected chi connectivity index (χ4v) is 5.80.